The van der Waals surface area contributed by atoms with Crippen molar-refractivity contribution >= 4 is 11.9 Å². The fourth-order valence-electron chi connectivity index (χ4n) is 11.3. The quantitative estimate of drug-likeness (QED) is 0.0320. The van der Waals surface area contributed by atoms with Crippen molar-refractivity contribution < 1.29 is 24.5 Å². The van der Waals surface area contributed by atoms with Gasteiger partial charge in [0, 0.05) is 12.8 Å². The summed E-state index contributed by atoms with van der Waals surface area (Å²) in [7, 11) is 0. The number of amides is 1. The van der Waals surface area contributed by atoms with Crippen molar-refractivity contribution in [1.82, 2.24) is 5.32 Å². The molecule has 0 aliphatic carbocycles. The van der Waals surface area contributed by atoms with Gasteiger partial charge < -0.3 is 20.3 Å². The highest BCUT2D eigenvalue weighted by molar-refractivity contribution is 5.76. The minimum Gasteiger partial charge on any atom is -0.466 e. The third-order valence-corrected chi connectivity index (χ3v) is 16.9. The molecule has 0 aromatic carbocycles. The van der Waals surface area contributed by atoms with E-state index < -0.39 is 12.1 Å². The molecule has 0 aromatic heterocycles. The number of aliphatic hydroxyl groups excluding tert-OH is 2. The SMILES string of the molecule is CCCC/C=C\C/C=C\CCCCCCCC(=O)OCCCCCCCCCCC/C=C\C/C=C\CCCCCCCCCCCC(=O)NC(CO)C(O)CCCCCCCCCCCCCCCCCCCCCCCCCCC. The van der Waals surface area contributed by atoms with Gasteiger partial charge in [0.05, 0.1) is 25.4 Å². The molecule has 81 heavy (non-hydrogen) atoms. The Hall–Kier alpha value is -2.18. The molecule has 476 valence electrons. The number of allylic oxidation sites excluding steroid dienone is 8. The average molecular weight is 1140 g/mol. The fraction of sp³-hybridized carbons (Fsp3) is 0.867. The number of unbranched alkanes of at least 4 members (excludes halogenated alkanes) is 49. The predicted octanol–water partition coefficient (Wildman–Crippen LogP) is 23.6. The van der Waals surface area contributed by atoms with Gasteiger partial charge in [-0.05, 0) is 83.5 Å². The van der Waals surface area contributed by atoms with Crippen LogP contribution in [-0.2, 0) is 14.3 Å². The summed E-state index contributed by atoms with van der Waals surface area (Å²) in [6, 6.07) is -0.549. The van der Waals surface area contributed by atoms with E-state index in [4.69, 9.17) is 4.74 Å². The van der Waals surface area contributed by atoms with Crippen molar-refractivity contribution in [3.05, 3.63) is 48.6 Å². The summed E-state index contributed by atoms with van der Waals surface area (Å²) in [5.74, 6) is -0.0425. The maximum absolute atomic E-state index is 12.6. The van der Waals surface area contributed by atoms with Crippen molar-refractivity contribution in [3.63, 3.8) is 0 Å². The molecule has 0 radical (unpaired) electrons. The predicted molar refractivity (Wildman–Crippen MR) is 356 cm³/mol. The molecular weight excluding hydrogens is 995 g/mol. The van der Waals surface area contributed by atoms with E-state index in [1.165, 1.54) is 302 Å². The molecule has 6 nitrogen and oxygen atoms in total. The van der Waals surface area contributed by atoms with Gasteiger partial charge in [-0.15, -0.1) is 0 Å². The maximum atomic E-state index is 12.6. The molecule has 0 bridgehead atoms. The third-order valence-electron chi connectivity index (χ3n) is 16.9. The second-order valence-electron chi connectivity index (χ2n) is 24.9. The minimum absolute atomic E-state index is 0.00529. The number of carbonyl (C=O) groups is 2. The fourth-order valence-corrected chi connectivity index (χ4v) is 11.3. The first-order valence-corrected chi connectivity index (χ1v) is 36.4. The number of carbonyl (C=O) groups excluding carboxylic acids is 2. The lowest BCUT2D eigenvalue weighted by Crippen LogP contribution is -2.45. The number of hydrogen-bond acceptors (Lipinski definition) is 5. The molecule has 0 saturated heterocycles. The second kappa shape index (κ2) is 70.3. The van der Waals surface area contributed by atoms with Crippen LogP contribution in [-0.4, -0.2) is 47.4 Å². The van der Waals surface area contributed by atoms with Crippen molar-refractivity contribution in [3.8, 4) is 0 Å². The first kappa shape index (κ1) is 78.8. The molecule has 0 heterocycles. The molecular formula is C75H141NO5. The Morgan fingerprint density at radius 3 is 0.975 bits per heavy atom. The lowest BCUT2D eigenvalue weighted by molar-refractivity contribution is -0.143. The summed E-state index contributed by atoms with van der Waals surface area (Å²) in [4.78, 5) is 24.6. The average Bonchev–Trinajstić information content (AvgIpc) is 3.47. The summed E-state index contributed by atoms with van der Waals surface area (Å²) >= 11 is 0. The maximum Gasteiger partial charge on any atom is 0.305 e. The number of aliphatic hydroxyl groups is 2. The van der Waals surface area contributed by atoms with Gasteiger partial charge in [0.25, 0.3) is 0 Å². The molecule has 0 saturated carbocycles. The van der Waals surface area contributed by atoms with E-state index in [0.717, 1.165) is 57.8 Å². The molecule has 3 N–H and O–H groups in total. The van der Waals surface area contributed by atoms with E-state index in [0.29, 0.717) is 25.9 Å². The van der Waals surface area contributed by atoms with Crippen LogP contribution >= 0.6 is 0 Å². The van der Waals surface area contributed by atoms with Crippen LogP contribution in [0.3, 0.4) is 0 Å². The van der Waals surface area contributed by atoms with Gasteiger partial charge in [-0.1, -0.05) is 345 Å². The number of ether oxygens (including phenoxy) is 1. The largest absolute Gasteiger partial charge is 0.466 e. The highest BCUT2D eigenvalue weighted by Gasteiger charge is 2.20. The van der Waals surface area contributed by atoms with Crippen LogP contribution in [0.1, 0.15) is 393 Å². The topological polar surface area (TPSA) is 95.9 Å². The van der Waals surface area contributed by atoms with Gasteiger partial charge in [0.15, 0.2) is 0 Å². The summed E-state index contributed by atoms with van der Waals surface area (Å²) in [5, 5.41) is 23.5. The zero-order valence-corrected chi connectivity index (χ0v) is 54.5. The Morgan fingerprint density at radius 1 is 0.346 bits per heavy atom. The van der Waals surface area contributed by atoms with Gasteiger partial charge in [0.2, 0.25) is 5.91 Å². The first-order valence-electron chi connectivity index (χ1n) is 36.4. The van der Waals surface area contributed by atoms with Crippen LogP contribution in [0, 0.1) is 0 Å². The van der Waals surface area contributed by atoms with Gasteiger partial charge in [-0.2, -0.15) is 0 Å². The molecule has 6 heteroatoms. The number of rotatable bonds is 68. The van der Waals surface area contributed by atoms with Gasteiger partial charge in [0.1, 0.15) is 0 Å². The third kappa shape index (κ3) is 66.8. The van der Waals surface area contributed by atoms with Crippen LogP contribution in [0.4, 0.5) is 0 Å². The van der Waals surface area contributed by atoms with E-state index in [1.807, 2.05) is 0 Å². The molecule has 1 amide bonds. The smallest absolute Gasteiger partial charge is 0.305 e. The molecule has 2 unspecified atom stereocenters. The van der Waals surface area contributed by atoms with E-state index in [2.05, 4.69) is 67.8 Å². The van der Waals surface area contributed by atoms with Crippen LogP contribution in [0.5, 0.6) is 0 Å². The lowest BCUT2D eigenvalue weighted by atomic mass is 10.0. The standard InChI is InChI=1S/C75H141NO5/c1-3-5-7-9-11-13-15-17-19-20-21-22-23-25-28-31-34-37-40-43-47-51-55-59-63-67-73(78)72(71-77)76-74(79)68-64-60-56-52-48-44-41-38-35-32-29-26-24-27-30-33-36-39-42-46-50-54-58-62-66-70-81-75(80)69-65-61-57-53-49-45-18-16-14-12-10-8-6-4-2/h10,12,16,18,26-27,29-30,72-73,77-78H,3-9,11,13-15,17,19-25,28,31-71H2,1-2H3,(H,76,79)/b12-10-,18-16-,29-26-,30-27-. The van der Waals surface area contributed by atoms with E-state index in [9.17, 15) is 19.8 Å². The molecule has 0 spiro atoms. The lowest BCUT2D eigenvalue weighted by Gasteiger charge is -2.22. The Morgan fingerprint density at radius 2 is 0.630 bits per heavy atom. The van der Waals surface area contributed by atoms with Crippen molar-refractivity contribution in [1.29, 1.82) is 0 Å². The zero-order valence-electron chi connectivity index (χ0n) is 54.5. The number of nitrogens with one attached hydrogen (secondary N) is 1. The Labute approximate surface area is 506 Å². The molecule has 0 aliphatic rings. The summed E-state index contributed by atoms with van der Waals surface area (Å²) in [6.07, 6.45) is 91.6. The molecule has 2 atom stereocenters. The van der Waals surface area contributed by atoms with Gasteiger partial charge in [-0.3, -0.25) is 9.59 Å². The van der Waals surface area contributed by atoms with E-state index in [-0.39, 0.29) is 18.5 Å². The Bertz CT molecular complexity index is 1360. The summed E-state index contributed by atoms with van der Waals surface area (Å²) < 4.78 is 5.47. The number of esters is 1. The molecule has 0 rings (SSSR count). The minimum atomic E-state index is -0.671. The van der Waals surface area contributed by atoms with E-state index >= 15 is 0 Å². The van der Waals surface area contributed by atoms with Crippen LogP contribution in [0.2, 0.25) is 0 Å². The number of hydrogen-bond donors (Lipinski definition) is 3. The van der Waals surface area contributed by atoms with Crippen LogP contribution in [0.25, 0.3) is 0 Å². The summed E-state index contributed by atoms with van der Waals surface area (Å²) in [5.41, 5.74) is 0. The highest BCUT2D eigenvalue weighted by Crippen LogP contribution is 2.19. The molecule has 0 aromatic rings. The van der Waals surface area contributed by atoms with Gasteiger partial charge in [-0.25, -0.2) is 0 Å². The van der Waals surface area contributed by atoms with Crippen molar-refractivity contribution in [2.45, 2.75) is 405 Å². The highest BCUT2D eigenvalue weighted by atomic mass is 16.5. The van der Waals surface area contributed by atoms with Crippen LogP contribution in [0.15, 0.2) is 48.6 Å². The molecule has 0 aliphatic heterocycles. The molecule has 0 fully saturated rings. The Balaban J connectivity index is 3.44. The monoisotopic (exact) mass is 1140 g/mol. The normalized spacial score (nSPS) is 12.8. The van der Waals surface area contributed by atoms with Crippen LogP contribution < -0.4 is 5.32 Å². The van der Waals surface area contributed by atoms with Crippen molar-refractivity contribution in [2.75, 3.05) is 13.2 Å². The zero-order chi connectivity index (χ0) is 58.5. The Kier molecular flexibility index (Phi) is 68.4. The first-order chi connectivity index (χ1) is 40.0. The second-order valence-corrected chi connectivity index (χ2v) is 24.9. The summed E-state index contributed by atoms with van der Waals surface area (Å²) in [6.45, 7) is 4.93. The van der Waals surface area contributed by atoms with Gasteiger partial charge >= 0.3 is 5.97 Å². The van der Waals surface area contributed by atoms with E-state index in [1.54, 1.807) is 0 Å². The van der Waals surface area contributed by atoms with Crippen molar-refractivity contribution in [2.24, 2.45) is 0 Å².